The fourth-order valence-corrected chi connectivity index (χ4v) is 10.1. The van der Waals surface area contributed by atoms with Gasteiger partial charge in [0.15, 0.2) is 0 Å². The molecular weight excluding hydrogens is 304 g/mol. The second-order valence-corrected chi connectivity index (χ2v) is 10.8. The van der Waals surface area contributed by atoms with Gasteiger partial charge in [0.05, 0.1) is 0 Å². The number of hydrogen-bond acceptors (Lipinski definition) is 3. The molecule has 10 heavy (non-hydrogen) atoms. The summed E-state index contributed by atoms with van der Waals surface area (Å²) in [4.78, 5) is 10.4. The molecule has 0 radical (unpaired) electrons. The Hall–Kier alpha value is 1.01. The predicted molar refractivity (Wildman–Crippen MR) is 48.4 cm³/mol. The van der Waals surface area contributed by atoms with Crippen LogP contribution >= 0.6 is 20.4 Å². The van der Waals surface area contributed by atoms with Gasteiger partial charge in [-0.2, -0.15) is 0 Å². The third-order valence-corrected chi connectivity index (χ3v) is 9.23. The van der Waals surface area contributed by atoms with Crippen molar-refractivity contribution >= 4 is 54.6 Å². The monoisotopic (exact) mass is 313 g/mol. The van der Waals surface area contributed by atoms with Gasteiger partial charge in [-0.05, 0) is 0 Å². The molecule has 0 aromatic heterocycles. The molecule has 0 aliphatic rings. The van der Waals surface area contributed by atoms with Gasteiger partial charge in [-0.15, -0.1) is 0 Å². The fourth-order valence-electron chi connectivity index (χ4n) is 0.212. The molecule has 0 aliphatic heterocycles. The van der Waals surface area contributed by atoms with Gasteiger partial charge in [-0.25, -0.2) is 0 Å². The summed E-state index contributed by atoms with van der Waals surface area (Å²) in [6, 6.07) is 0. The van der Waals surface area contributed by atoms with E-state index in [1.807, 2.05) is 12.5 Å². The molecule has 0 unspecified atom stereocenters. The van der Waals surface area contributed by atoms with Crippen LogP contribution in [0.25, 0.3) is 0 Å². The van der Waals surface area contributed by atoms with E-state index in [0.717, 1.165) is 0 Å². The van der Waals surface area contributed by atoms with Crippen molar-refractivity contribution in [3.63, 3.8) is 0 Å². The van der Waals surface area contributed by atoms with Crippen LogP contribution in [0.3, 0.4) is 0 Å². The molecule has 0 aliphatic carbocycles. The van der Waals surface area contributed by atoms with Gasteiger partial charge in [0.1, 0.15) is 0 Å². The van der Waals surface area contributed by atoms with Crippen LogP contribution in [0.2, 0.25) is 0 Å². The van der Waals surface area contributed by atoms with E-state index in [2.05, 4.69) is 0 Å². The Bertz CT molecular complexity index is 109. The van der Waals surface area contributed by atoms with Gasteiger partial charge >= 0.3 is 79.9 Å². The minimum atomic E-state index is -0.788. The van der Waals surface area contributed by atoms with Crippen LogP contribution in [0, 0.1) is 0 Å². The molecule has 0 spiro atoms. The zero-order valence-corrected chi connectivity index (χ0v) is 10.5. The third-order valence-electron chi connectivity index (χ3n) is 0.441. The molecular formula is C3H7NO2S2Se2. The summed E-state index contributed by atoms with van der Waals surface area (Å²) < 4.78 is 1.50. The first-order valence-corrected chi connectivity index (χ1v) is 10.2. The molecule has 0 rings (SSSR count). The number of carbonyl (C=O) groups is 1. The Kier molecular flexibility index (Phi) is 7.38. The average Bonchev–Trinajstić information content (AvgIpc) is 1.87. The molecule has 60 valence electrons. The van der Waals surface area contributed by atoms with E-state index in [0.29, 0.717) is 0 Å². The van der Waals surface area contributed by atoms with Gasteiger partial charge in [-0.1, -0.05) is 0 Å². The first-order chi connectivity index (χ1) is 4.72. The van der Waals surface area contributed by atoms with Crippen LogP contribution in [0.15, 0.2) is 0 Å². The topological polar surface area (TPSA) is 40.5 Å². The van der Waals surface area contributed by atoms with Crippen LogP contribution in [0.5, 0.6) is 0 Å². The van der Waals surface area contributed by atoms with Gasteiger partial charge in [-0.3, -0.25) is 0 Å². The molecule has 7 heteroatoms. The normalized spacial score (nSPS) is 9.40. The molecule has 0 aromatic rings. The van der Waals surface area contributed by atoms with Gasteiger partial charge < -0.3 is 0 Å². The van der Waals surface area contributed by atoms with Crippen LogP contribution in [0.1, 0.15) is 0 Å². The second-order valence-electron chi connectivity index (χ2n) is 1.02. The number of carboxylic acid groups (broad SMARTS) is 1. The van der Waals surface area contributed by atoms with E-state index in [-0.39, 0.29) is 28.1 Å². The summed E-state index contributed by atoms with van der Waals surface area (Å²) in [5.41, 5.74) is 0. The van der Waals surface area contributed by atoms with Crippen LogP contribution in [0.4, 0.5) is 4.79 Å². The van der Waals surface area contributed by atoms with Crippen LogP contribution in [-0.2, 0) is 0 Å². The summed E-state index contributed by atoms with van der Waals surface area (Å²) in [6.45, 7) is 0. The summed E-state index contributed by atoms with van der Waals surface area (Å²) >= 11 is 0.129. The van der Waals surface area contributed by atoms with Crippen molar-refractivity contribution in [2.45, 2.75) is 0 Å². The predicted octanol–water partition coefficient (Wildman–Crippen LogP) is 0.761. The van der Waals surface area contributed by atoms with E-state index >= 15 is 0 Å². The van der Waals surface area contributed by atoms with E-state index in [1.165, 1.54) is 2.93 Å². The van der Waals surface area contributed by atoms with Crippen molar-refractivity contribution in [3.05, 3.63) is 0 Å². The van der Waals surface area contributed by atoms with E-state index in [4.69, 9.17) is 5.11 Å². The molecule has 0 fully saturated rings. The fraction of sp³-hybridized carbons (Fsp3) is 0.667. The Morgan fingerprint density at radius 2 is 1.80 bits per heavy atom. The molecule has 0 saturated heterocycles. The molecule has 0 saturated carbocycles. The summed E-state index contributed by atoms with van der Waals surface area (Å²) in [5, 5.41) is 8.57. The minimum absolute atomic E-state index is 0.0643. The van der Waals surface area contributed by atoms with E-state index in [9.17, 15) is 4.79 Å². The second kappa shape index (κ2) is 6.70. The summed E-state index contributed by atoms with van der Waals surface area (Å²) in [7, 11) is 3.18. The molecule has 3 nitrogen and oxygen atoms in total. The molecule has 1 N–H and O–H groups in total. The number of nitrogens with zero attached hydrogens (tertiary/aromatic N) is 1. The van der Waals surface area contributed by atoms with Crippen molar-refractivity contribution in [2.75, 3.05) is 12.5 Å². The zero-order chi connectivity index (χ0) is 7.98. The van der Waals surface area contributed by atoms with Crippen LogP contribution in [-0.4, -0.2) is 54.8 Å². The molecule has 0 aromatic carbocycles. The van der Waals surface area contributed by atoms with E-state index < -0.39 is 6.09 Å². The Morgan fingerprint density at radius 3 is 2.00 bits per heavy atom. The SMILES string of the molecule is CS[Se]N([Se]SC)C(=O)O. The quantitative estimate of drug-likeness (QED) is 0.778. The Labute approximate surface area is 79.5 Å². The maximum atomic E-state index is 10.4. The van der Waals surface area contributed by atoms with E-state index in [1.54, 1.807) is 20.4 Å². The summed E-state index contributed by atoms with van der Waals surface area (Å²) in [6.07, 6.45) is 3.06. The van der Waals surface area contributed by atoms with Crippen LogP contribution < -0.4 is 0 Å². The number of hydrogen-bond donors (Lipinski definition) is 1. The van der Waals surface area contributed by atoms with Crippen molar-refractivity contribution in [1.82, 2.24) is 2.93 Å². The molecule has 0 atom stereocenters. The zero-order valence-electron chi connectivity index (χ0n) is 5.44. The third kappa shape index (κ3) is 4.77. The summed E-state index contributed by atoms with van der Waals surface area (Å²) in [5.74, 6) is 0. The van der Waals surface area contributed by atoms with Crippen molar-refractivity contribution < 1.29 is 9.90 Å². The van der Waals surface area contributed by atoms with Gasteiger partial charge in [0.2, 0.25) is 0 Å². The molecule has 0 heterocycles. The van der Waals surface area contributed by atoms with Gasteiger partial charge in [0, 0.05) is 0 Å². The maximum absolute atomic E-state index is 10.4. The van der Waals surface area contributed by atoms with Crippen molar-refractivity contribution in [2.24, 2.45) is 0 Å². The number of amides is 1. The van der Waals surface area contributed by atoms with Crippen molar-refractivity contribution in [1.29, 1.82) is 0 Å². The first-order valence-electron chi connectivity index (χ1n) is 2.17. The van der Waals surface area contributed by atoms with Crippen molar-refractivity contribution in [3.8, 4) is 0 Å². The first kappa shape index (κ1) is 11.0. The number of rotatable bonds is 4. The Morgan fingerprint density at radius 1 is 1.40 bits per heavy atom. The molecule has 1 amide bonds. The molecule has 0 bridgehead atoms. The standard InChI is InChI=1S/C3H7NO2S2Se2/c1-7-9-4(3(5)6)10-8-2/h1-2H3,(H,5,6). The van der Waals surface area contributed by atoms with Gasteiger partial charge in [0.25, 0.3) is 0 Å². The average molecular weight is 311 g/mol. The Balaban J connectivity index is 3.61.